The lowest BCUT2D eigenvalue weighted by Gasteiger charge is -2.32. The summed E-state index contributed by atoms with van der Waals surface area (Å²) in [5.41, 5.74) is 0.929. The van der Waals surface area contributed by atoms with Crippen LogP contribution in [0.3, 0.4) is 0 Å². The van der Waals surface area contributed by atoms with Gasteiger partial charge in [-0.05, 0) is 31.0 Å². The van der Waals surface area contributed by atoms with Crippen LogP contribution in [0.2, 0.25) is 0 Å². The Balaban J connectivity index is 1.55. The van der Waals surface area contributed by atoms with Crippen LogP contribution in [0.15, 0.2) is 41.2 Å². The average Bonchev–Trinajstić information content (AvgIpc) is 3.06. The first kappa shape index (κ1) is 19.3. The number of rotatable bonds is 5. The van der Waals surface area contributed by atoms with Crippen LogP contribution in [0.5, 0.6) is 0 Å². The van der Waals surface area contributed by atoms with E-state index in [1.807, 2.05) is 36.4 Å². The van der Waals surface area contributed by atoms with E-state index >= 15 is 0 Å². The summed E-state index contributed by atoms with van der Waals surface area (Å²) in [5, 5.41) is 0.600. The van der Waals surface area contributed by atoms with Crippen LogP contribution in [-0.2, 0) is 16.6 Å². The molecule has 0 spiro atoms. The summed E-state index contributed by atoms with van der Waals surface area (Å²) in [6, 6.07) is 11.7. The Morgan fingerprint density at radius 1 is 1.32 bits per heavy atom. The quantitative estimate of drug-likeness (QED) is 0.662. The number of nitrogens with zero attached hydrogens (tertiary/aromatic N) is 2. The Hall–Kier alpha value is -2.07. The molecule has 0 radical (unpaired) electrons. The Labute approximate surface area is 167 Å². The van der Waals surface area contributed by atoms with E-state index in [-0.39, 0.29) is 11.6 Å². The highest BCUT2D eigenvalue weighted by Crippen LogP contribution is 2.30. The zero-order valence-corrected chi connectivity index (χ0v) is 17.1. The van der Waals surface area contributed by atoms with Gasteiger partial charge in [0.05, 0.1) is 18.2 Å². The Bertz CT molecular complexity index is 1140. The van der Waals surface area contributed by atoms with E-state index in [0.717, 1.165) is 34.7 Å². The van der Waals surface area contributed by atoms with E-state index in [1.54, 1.807) is 0 Å². The standard InChI is InChI=1S/C19H22N4O3S2/c1-28(25,26)22-14-8-5-9-23(11-14)12-17-20-18(24)15-10-16(27-19(15)21-17)13-6-3-2-4-7-13/h2-4,6-7,10,14,22H,5,8-9,11-12H2,1H3,(H,20,21,24). The lowest BCUT2D eigenvalue weighted by molar-refractivity contribution is 0.190. The molecule has 1 aliphatic rings. The Kier molecular flexibility index (Phi) is 5.33. The highest BCUT2D eigenvalue weighted by Gasteiger charge is 2.23. The van der Waals surface area contributed by atoms with Gasteiger partial charge in [-0.15, -0.1) is 11.3 Å². The van der Waals surface area contributed by atoms with Crippen molar-refractivity contribution in [3.05, 3.63) is 52.6 Å². The number of H-pyrrole nitrogens is 1. The third-order valence-corrected chi connectivity index (χ3v) is 6.61. The molecule has 148 valence electrons. The maximum absolute atomic E-state index is 12.5. The normalized spacial score (nSPS) is 18.5. The van der Waals surface area contributed by atoms with Gasteiger partial charge in [-0.1, -0.05) is 30.3 Å². The van der Waals surface area contributed by atoms with E-state index in [9.17, 15) is 13.2 Å². The van der Waals surface area contributed by atoms with E-state index < -0.39 is 10.0 Å². The van der Waals surface area contributed by atoms with Gasteiger partial charge in [-0.3, -0.25) is 9.69 Å². The minimum atomic E-state index is -3.23. The molecule has 3 aromatic rings. The molecule has 1 saturated heterocycles. The summed E-state index contributed by atoms with van der Waals surface area (Å²) in [5.74, 6) is 0.610. The number of likely N-dealkylation sites (tertiary alicyclic amines) is 1. The smallest absolute Gasteiger partial charge is 0.259 e. The minimum Gasteiger partial charge on any atom is -0.309 e. The van der Waals surface area contributed by atoms with Crippen molar-refractivity contribution in [2.45, 2.75) is 25.4 Å². The molecule has 1 aliphatic heterocycles. The van der Waals surface area contributed by atoms with Crippen molar-refractivity contribution in [1.82, 2.24) is 19.6 Å². The average molecular weight is 419 g/mol. The number of aromatic amines is 1. The van der Waals surface area contributed by atoms with Crippen LogP contribution in [0, 0.1) is 0 Å². The lowest BCUT2D eigenvalue weighted by atomic mass is 10.1. The molecule has 4 rings (SSSR count). The fraction of sp³-hybridized carbons (Fsp3) is 0.368. The van der Waals surface area contributed by atoms with Crippen LogP contribution < -0.4 is 10.3 Å². The van der Waals surface area contributed by atoms with E-state index in [4.69, 9.17) is 0 Å². The molecule has 28 heavy (non-hydrogen) atoms. The second-order valence-corrected chi connectivity index (χ2v) is 9.98. The first-order chi connectivity index (χ1) is 13.4. The molecule has 7 nitrogen and oxygen atoms in total. The van der Waals surface area contributed by atoms with Crippen LogP contribution in [-0.4, -0.2) is 48.7 Å². The third-order valence-electron chi connectivity index (χ3n) is 4.77. The van der Waals surface area contributed by atoms with Crippen LogP contribution in [0.1, 0.15) is 18.7 Å². The van der Waals surface area contributed by atoms with Crippen LogP contribution in [0.4, 0.5) is 0 Å². The van der Waals surface area contributed by atoms with E-state index in [0.29, 0.717) is 24.3 Å². The second-order valence-electron chi connectivity index (χ2n) is 7.17. The number of benzene rings is 1. The van der Waals surface area contributed by atoms with E-state index in [2.05, 4.69) is 19.6 Å². The number of thiophene rings is 1. The summed E-state index contributed by atoms with van der Waals surface area (Å²) in [4.78, 5) is 23.9. The van der Waals surface area contributed by atoms with Crippen molar-refractivity contribution in [3.8, 4) is 10.4 Å². The number of nitrogens with one attached hydrogen (secondary N) is 2. The van der Waals surface area contributed by atoms with Gasteiger partial charge in [-0.2, -0.15) is 0 Å². The SMILES string of the molecule is CS(=O)(=O)NC1CCCN(Cc2nc3sc(-c4ccccc4)cc3c(=O)[nH]2)C1. The van der Waals surface area contributed by atoms with Gasteiger partial charge < -0.3 is 4.98 Å². The van der Waals surface area contributed by atoms with Crippen molar-refractivity contribution in [2.24, 2.45) is 0 Å². The molecule has 1 aromatic carbocycles. The van der Waals surface area contributed by atoms with Gasteiger partial charge in [0.1, 0.15) is 10.7 Å². The van der Waals surface area contributed by atoms with Gasteiger partial charge in [0, 0.05) is 17.5 Å². The number of piperidine rings is 1. The van der Waals surface area contributed by atoms with Gasteiger partial charge >= 0.3 is 0 Å². The summed E-state index contributed by atoms with van der Waals surface area (Å²) in [6.07, 6.45) is 2.90. The molecule has 2 N–H and O–H groups in total. The minimum absolute atomic E-state index is 0.106. The number of hydrogen-bond donors (Lipinski definition) is 2. The number of hydrogen-bond acceptors (Lipinski definition) is 6. The molecule has 1 atom stereocenters. The predicted molar refractivity (Wildman–Crippen MR) is 112 cm³/mol. The molecule has 0 amide bonds. The van der Waals surface area contributed by atoms with Crippen LogP contribution >= 0.6 is 11.3 Å². The fourth-order valence-corrected chi connectivity index (χ4v) is 5.46. The second kappa shape index (κ2) is 7.75. The summed E-state index contributed by atoms with van der Waals surface area (Å²) >= 11 is 1.51. The first-order valence-corrected chi connectivity index (χ1v) is 11.9. The summed E-state index contributed by atoms with van der Waals surface area (Å²) < 4.78 is 25.7. The Morgan fingerprint density at radius 2 is 2.11 bits per heavy atom. The molecule has 0 saturated carbocycles. The summed E-state index contributed by atoms with van der Waals surface area (Å²) in [7, 11) is -3.23. The molecule has 1 fully saturated rings. The molecular weight excluding hydrogens is 396 g/mol. The number of sulfonamides is 1. The zero-order valence-electron chi connectivity index (χ0n) is 15.5. The maximum Gasteiger partial charge on any atom is 0.259 e. The van der Waals surface area contributed by atoms with E-state index in [1.165, 1.54) is 17.6 Å². The largest absolute Gasteiger partial charge is 0.309 e. The lowest BCUT2D eigenvalue weighted by Crippen LogP contribution is -2.47. The first-order valence-electron chi connectivity index (χ1n) is 9.15. The van der Waals surface area contributed by atoms with Gasteiger partial charge in [0.2, 0.25) is 10.0 Å². The molecule has 0 bridgehead atoms. The van der Waals surface area contributed by atoms with Gasteiger partial charge in [-0.25, -0.2) is 18.1 Å². The molecule has 9 heteroatoms. The highest BCUT2D eigenvalue weighted by molar-refractivity contribution is 7.88. The van der Waals surface area contributed by atoms with Gasteiger partial charge in [0.25, 0.3) is 5.56 Å². The molecule has 3 heterocycles. The van der Waals surface area contributed by atoms with Crippen molar-refractivity contribution >= 4 is 31.6 Å². The van der Waals surface area contributed by atoms with Crippen molar-refractivity contribution < 1.29 is 8.42 Å². The molecule has 0 aliphatic carbocycles. The van der Waals surface area contributed by atoms with Gasteiger partial charge in [0.15, 0.2) is 0 Å². The maximum atomic E-state index is 12.5. The zero-order chi connectivity index (χ0) is 19.7. The molecule has 2 aromatic heterocycles. The highest BCUT2D eigenvalue weighted by atomic mass is 32.2. The molecular formula is C19H22N4O3S2. The third kappa shape index (κ3) is 4.49. The number of fused-ring (bicyclic) bond motifs is 1. The topological polar surface area (TPSA) is 95.2 Å². The fourth-order valence-electron chi connectivity index (χ4n) is 3.61. The van der Waals surface area contributed by atoms with Crippen LogP contribution in [0.25, 0.3) is 20.7 Å². The van der Waals surface area contributed by atoms with Crippen molar-refractivity contribution in [1.29, 1.82) is 0 Å². The van der Waals surface area contributed by atoms with Crippen molar-refractivity contribution in [3.63, 3.8) is 0 Å². The number of aromatic nitrogens is 2. The monoisotopic (exact) mass is 418 g/mol. The molecule has 1 unspecified atom stereocenters. The summed E-state index contributed by atoms with van der Waals surface area (Å²) in [6.45, 7) is 1.95. The predicted octanol–water partition coefficient (Wildman–Crippen LogP) is 2.17. The van der Waals surface area contributed by atoms with Crippen molar-refractivity contribution in [2.75, 3.05) is 19.3 Å². The Morgan fingerprint density at radius 3 is 2.86 bits per heavy atom.